The fourth-order valence-electron chi connectivity index (χ4n) is 6.10. The Morgan fingerprint density at radius 2 is 1.87 bits per heavy atom. The van der Waals surface area contributed by atoms with Gasteiger partial charge in [-0.3, -0.25) is 4.79 Å². The summed E-state index contributed by atoms with van der Waals surface area (Å²) < 4.78 is 5.89. The highest BCUT2D eigenvalue weighted by molar-refractivity contribution is 5.69. The van der Waals surface area contributed by atoms with Crippen LogP contribution in [0.2, 0.25) is 0 Å². The van der Waals surface area contributed by atoms with E-state index in [2.05, 4.69) is 27.7 Å². The van der Waals surface area contributed by atoms with Crippen LogP contribution in [0.3, 0.4) is 0 Å². The monoisotopic (exact) mass is 320 g/mol. The van der Waals surface area contributed by atoms with Crippen molar-refractivity contribution < 1.29 is 9.53 Å². The number of esters is 1. The van der Waals surface area contributed by atoms with Crippen LogP contribution in [0, 0.1) is 29.1 Å². The van der Waals surface area contributed by atoms with Gasteiger partial charge in [-0.05, 0) is 86.9 Å². The molecule has 2 heteroatoms. The Morgan fingerprint density at radius 3 is 2.43 bits per heavy atom. The number of carbonyl (C=O) groups is 1. The van der Waals surface area contributed by atoms with Crippen molar-refractivity contribution in [1.82, 2.24) is 0 Å². The lowest BCUT2D eigenvalue weighted by atomic mass is 9.64. The van der Waals surface area contributed by atoms with E-state index in [0.29, 0.717) is 11.8 Å². The van der Waals surface area contributed by atoms with Crippen LogP contribution in [-0.4, -0.2) is 11.6 Å². The van der Waals surface area contributed by atoms with E-state index in [1.54, 1.807) is 0 Å². The zero-order chi connectivity index (χ0) is 16.7. The largest absolute Gasteiger partial charge is 0.459 e. The minimum Gasteiger partial charge on any atom is -0.459 e. The first-order valence-electron chi connectivity index (χ1n) is 10.1. The molecule has 0 amide bonds. The molecule has 132 valence electrons. The Morgan fingerprint density at radius 1 is 1.17 bits per heavy atom. The van der Waals surface area contributed by atoms with E-state index in [1.165, 1.54) is 32.1 Å². The Kier molecular flexibility index (Phi) is 4.82. The van der Waals surface area contributed by atoms with Gasteiger partial charge in [-0.25, -0.2) is 0 Å². The van der Waals surface area contributed by atoms with E-state index in [4.69, 9.17) is 4.74 Å². The van der Waals surface area contributed by atoms with E-state index in [0.717, 1.165) is 49.4 Å². The first-order valence-corrected chi connectivity index (χ1v) is 10.1. The minimum absolute atomic E-state index is 0.0598. The first-order chi connectivity index (χ1) is 10.9. The lowest BCUT2D eigenvalue weighted by Gasteiger charge is -2.41. The average molecular weight is 321 g/mol. The molecule has 0 aromatic heterocycles. The Bertz CT molecular complexity index is 433. The van der Waals surface area contributed by atoms with Crippen molar-refractivity contribution in [3.8, 4) is 0 Å². The first kappa shape index (κ1) is 17.3. The molecule has 0 saturated heterocycles. The van der Waals surface area contributed by atoms with Crippen molar-refractivity contribution in [3.63, 3.8) is 0 Å². The predicted molar refractivity (Wildman–Crippen MR) is 94.1 cm³/mol. The molecule has 0 aliphatic heterocycles. The van der Waals surface area contributed by atoms with E-state index in [9.17, 15) is 4.79 Å². The third-order valence-corrected chi connectivity index (χ3v) is 8.01. The molecular weight excluding hydrogens is 284 g/mol. The summed E-state index contributed by atoms with van der Waals surface area (Å²) in [7, 11) is 0. The van der Waals surface area contributed by atoms with Crippen LogP contribution in [0.25, 0.3) is 0 Å². The summed E-state index contributed by atoms with van der Waals surface area (Å²) in [5.74, 6) is 3.61. The number of fused-ring (bicyclic) bond motifs is 2. The molecule has 3 rings (SSSR count). The summed E-state index contributed by atoms with van der Waals surface area (Å²) in [6.45, 7) is 9.54. The highest BCUT2D eigenvalue weighted by Crippen LogP contribution is 2.62. The van der Waals surface area contributed by atoms with Gasteiger partial charge in [0.2, 0.25) is 0 Å². The van der Waals surface area contributed by atoms with E-state index in [-0.39, 0.29) is 11.6 Å². The van der Waals surface area contributed by atoms with Crippen molar-refractivity contribution in [2.24, 2.45) is 29.1 Å². The smallest absolute Gasteiger partial charge is 0.306 e. The topological polar surface area (TPSA) is 26.3 Å². The summed E-state index contributed by atoms with van der Waals surface area (Å²) in [6, 6.07) is 0. The molecule has 3 aliphatic carbocycles. The lowest BCUT2D eigenvalue weighted by molar-refractivity contribution is -0.159. The van der Waals surface area contributed by atoms with Crippen LogP contribution in [0.1, 0.15) is 91.9 Å². The normalized spacial score (nSPS) is 37.2. The molecule has 0 radical (unpaired) electrons. The highest BCUT2D eigenvalue weighted by Gasteiger charge is 2.54. The Hall–Kier alpha value is -0.530. The third-order valence-electron chi connectivity index (χ3n) is 8.01. The summed E-state index contributed by atoms with van der Waals surface area (Å²) in [5.41, 5.74) is 0.394. The predicted octanol–water partition coefficient (Wildman–Crippen LogP) is 5.74. The highest BCUT2D eigenvalue weighted by atomic mass is 16.6. The van der Waals surface area contributed by atoms with E-state index < -0.39 is 0 Å². The zero-order valence-corrected chi connectivity index (χ0v) is 15.7. The standard InChI is InChI=1S/C21H36O2/c1-5-21(11-6-7-12-21)23-19(22)10-8-9-16-13-17-14-18(16)20(3,4)15(17)2/h15-18H,5-14H2,1-4H3. The van der Waals surface area contributed by atoms with Gasteiger partial charge in [0.05, 0.1) is 0 Å². The molecule has 4 atom stereocenters. The van der Waals surface area contributed by atoms with Crippen LogP contribution in [0.5, 0.6) is 0 Å². The second kappa shape index (κ2) is 6.41. The fourth-order valence-corrected chi connectivity index (χ4v) is 6.10. The molecule has 0 spiro atoms. The molecular formula is C21H36O2. The Balaban J connectivity index is 1.43. The summed E-state index contributed by atoms with van der Waals surface area (Å²) in [6.07, 6.45) is 11.3. The van der Waals surface area contributed by atoms with Crippen molar-refractivity contribution in [2.75, 3.05) is 0 Å². The van der Waals surface area contributed by atoms with E-state index in [1.807, 2.05) is 0 Å². The molecule has 0 heterocycles. The number of hydrogen-bond acceptors (Lipinski definition) is 2. The van der Waals surface area contributed by atoms with Gasteiger partial charge in [0.15, 0.2) is 0 Å². The van der Waals surface area contributed by atoms with Crippen molar-refractivity contribution in [2.45, 2.75) is 97.5 Å². The van der Waals surface area contributed by atoms with Gasteiger partial charge in [0.25, 0.3) is 0 Å². The van der Waals surface area contributed by atoms with Crippen LogP contribution in [0.15, 0.2) is 0 Å². The maximum Gasteiger partial charge on any atom is 0.306 e. The van der Waals surface area contributed by atoms with Crippen LogP contribution in [-0.2, 0) is 9.53 Å². The van der Waals surface area contributed by atoms with Crippen molar-refractivity contribution in [1.29, 1.82) is 0 Å². The molecule has 3 aliphatic rings. The average Bonchev–Trinajstić information content (AvgIpc) is 3.18. The van der Waals surface area contributed by atoms with Gasteiger partial charge >= 0.3 is 5.97 Å². The SMILES string of the molecule is CCC1(OC(=O)CCCC2CC3CC2C(C)(C)C3C)CCCC1. The molecule has 3 saturated carbocycles. The van der Waals surface area contributed by atoms with Gasteiger partial charge < -0.3 is 4.74 Å². The quantitative estimate of drug-likeness (QED) is 0.583. The fraction of sp³-hybridized carbons (Fsp3) is 0.952. The number of rotatable bonds is 6. The van der Waals surface area contributed by atoms with Gasteiger partial charge in [0.1, 0.15) is 5.60 Å². The summed E-state index contributed by atoms with van der Waals surface area (Å²) in [5, 5.41) is 0. The van der Waals surface area contributed by atoms with E-state index >= 15 is 0 Å². The van der Waals surface area contributed by atoms with Gasteiger partial charge in [0, 0.05) is 6.42 Å². The van der Waals surface area contributed by atoms with Gasteiger partial charge in [-0.1, -0.05) is 27.7 Å². The maximum atomic E-state index is 12.3. The van der Waals surface area contributed by atoms with Gasteiger partial charge in [-0.2, -0.15) is 0 Å². The van der Waals surface area contributed by atoms with Crippen molar-refractivity contribution in [3.05, 3.63) is 0 Å². The summed E-state index contributed by atoms with van der Waals surface area (Å²) >= 11 is 0. The Labute approximate surface area is 142 Å². The molecule has 0 N–H and O–H groups in total. The molecule has 0 aromatic carbocycles. The van der Waals surface area contributed by atoms with Gasteiger partial charge in [-0.15, -0.1) is 0 Å². The maximum absolute atomic E-state index is 12.3. The minimum atomic E-state index is -0.110. The lowest BCUT2D eigenvalue weighted by Crippen LogP contribution is -2.34. The molecule has 2 nitrogen and oxygen atoms in total. The molecule has 2 bridgehead atoms. The third kappa shape index (κ3) is 3.20. The number of hydrogen-bond donors (Lipinski definition) is 0. The molecule has 3 fully saturated rings. The van der Waals surface area contributed by atoms with Crippen LogP contribution >= 0.6 is 0 Å². The van der Waals surface area contributed by atoms with Crippen LogP contribution in [0.4, 0.5) is 0 Å². The number of carbonyl (C=O) groups excluding carboxylic acids is 1. The zero-order valence-electron chi connectivity index (χ0n) is 15.7. The molecule has 23 heavy (non-hydrogen) atoms. The molecule has 4 unspecified atom stereocenters. The molecule has 0 aromatic rings. The second-order valence-corrected chi connectivity index (χ2v) is 9.32. The number of ether oxygens (including phenoxy) is 1. The van der Waals surface area contributed by atoms with Crippen molar-refractivity contribution >= 4 is 5.97 Å². The second-order valence-electron chi connectivity index (χ2n) is 9.32. The summed E-state index contributed by atoms with van der Waals surface area (Å²) in [4.78, 5) is 12.3. The van der Waals surface area contributed by atoms with Crippen LogP contribution < -0.4 is 0 Å².